The average Bonchev–Trinajstić information content (AvgIpc) is 3.12. The van der Waals surface area contributed by atoms with E-state index in [9.17, 15) is 22.4 Å². The molecule has 0 saturated carbocycles. The van der Waals surface area contributed by atoms with Crippen LogP contribution in [-0.4, -0.2) is 22.5 Å². The van der Waals surface area contributed by atoms with Gasteiger partial charge in [-0.2, -0.15) is 0 Å². The number of halogens is 4. The van der Waals surface area contributed by atoms with Crippen LogP contribution >= 0.6 is 0 Å². The van der Waals surface area contributed by atoms with Crippen molar-refractivity contribution in [1.29, 1.82) is 0 Å². The van der Waals surface area contributed by atoms with Gasteiger partial charge in [0.2, 0.25) is 5.89 Å². The molecule has 0 unspecified atom stereocenters. The van der Waals surface area contributed by atoms with Gasteiger partial charge >= 0.3 is 12.3 Å². The molecule has 2 aromatic carbocycles. The number of aromatic nitrogens is 2. The lowest BCUT2D eigenvalue weighted by Gasteiger charge is -2.11. The first-order valence-electron chi connectivity index (χ1n) is 7.87. The highest BCUT2D eigenvalue weighted by Crippen LogP contribution is 2.25. The molecular weight excluding hydrogens is 384 g/mol. The fraction of sp³-hybridized carbons (Fsp3) is 0.167. The second kappa shape index (κ2) is 7.67. The first kappa shape index (κ1) is 19.3. The number of benzene rings is 2. The van der Waals surface area contributed by atoms with Crippen molar-refractivity contribution in [2.45, 2.75) is 19.4 Å². The zero-order chi connectivity index (χ0) is 20.3. The molecule has 0 aliphatic rings. The highest BCUT2D eigenvalue weighted by atomic mass is 19.4. The summed E-state index contributed by atoms with van der Waals surface area (Å²) >= 11 is 0. The molecule has 0 fully saturated rings. The third-order valence-corrected chi connectivity index (χ3v) is 3.49. The summed E-state index contributed by atoms with van der Waals surface area (Å²) in [5.41, 5.74) is 0.499. The second-order valence-corrected chi connectivity index (χ2v) is 5.57. The van der Waals surface area contributed by atoms with E-state index in [1.165, 1.54) is 31.2 Å². The number of ether oxygens (including phenoxy) is 2. The van der Waals surface area contributed by atoms with E-state index in [4.69, 9.17) is 9.15 Å². The van der Waals surface area contributed by atoms with E-state index in [0.717, 1.165) is 24.3 Å². The van der Waals surface area contributed by atoms with Crippen LogP contribution < -0.4 is 4.74 Å². The van der Waals surface area contributed by atoms with Crippen LogP contribution in [0.3, 0.4) is 0 Å². The Morgan fingerprint density at radius 3 is 2.29 bits per heavy atom. The molecule has 0 aliphatic carbocycles. The molecule has 3 rings (SSSR count). The zero-order valence-electron chi connectivity index (χ0n) is 14.2. The molecule has 146 valence electrons. The molecule has 0 radical (unpaired) electrons. The Morgan fingerprint density at radius 2 is 1.68 bits per heavy atom. The van der Waals surface area contributed by atoms with Crippen molar-refractivity contribution in [3.8, 4) is 17.2 Å². The number of carbonyl (C=O) groups excluding carboxylic acids is 1. The summed E-state index contributed by atoms with van der Waals surface area (Å²) in [7, 11) is 0. The Balaban J connectivity index is 1.65. The van der Waals surface area contributed by atoms with Crippen molar-refractivity contribution in [3.05, 3.63) is 65.8 Å². The van der Waals surface area contributed by atoms with Crippen LogP contribution in [0.5, 0.6) is 5.75 Å². The van der Waals surface area contributed by atoms with E-state index >= 15 is 0 Å². The number of alkyl halides is 3. The van der Waals surface area contributed by atoms with Gasteiger partial charge in [0.15, 0.2) is 6.10 Å². The van der Waals surface area contributed by atoms with Gasteiger partial charge in [0.05, 0.1) is 5.56 Å². The molecule has 0 aliphatic heterocycles. The predicted octanol–water partition coefficient (Wildman–Crippen LogP) is 4.69. The van der Waals surface area contributed by atoms with E-state index in [1.54, 1.807) is 0 Å². The van der Waals surface area contributed by atoms with Crippen molar-refractivity contribution in [3.63, 3.8) is 0 Å². The molecule has 3 aromatic rings. The largest absolute Gasteiger partial charge is 0.573 e. The molecule has 1 aromatic heterocycles. The van der Waals surface area contributed by atoms with Gasteiger partial charge in [-0.15, -0.1) is 23.4 Å². The molecule has 6 nitrogen and oxygen atoms in total. The van der Waals surface area contributed by atoms with Gasteiger partial charge in [-0.1, -0.05) is 0 Å². The quantitative estimate of drug-likeness (QED) is 0.460. The predicted molar refractivity (Wildman–Crippen MR) is 86.6 cm³/mol. The van der Waals surface area contributed by atoms with Crippen molar-refractivity contribution in [2.75, 3.05) is 0 Å². The minimum atomic E-state index is -4.82. The van der Waals surface area contributed by atoms with Crippen molar-refractivity contribution >= 4 is 5.97 Å². The van der Waals surface area contributed by atoms with E-state index in [0.29, 0.717) is 5.56 Å². The minimum absolute atomic E-state index is 0.00435. The van der Waals surface area contributed by atoms with Crippen LogP contribution in [0.2, 0.25) is 0 Å². The van der Waals surface area contributed by atoms with Crippen LogP contribution in [-0.2, 0) is 4.74 Å². The molecule has 10 heteroatoms. The van der Waals surface area contributed by atoms with Gasteiger partial charge in [0, 0.05) is 5.56 Å². The van der Waals surface area contributed by atoms with Gasteiger partial charge in [-0.25, -0.2) is 9.18 Å². The molecular formula is C18H12F4N2O4. The van der Waals surface area contributed by atoms with E-state index in [-0.39, 0.29) is 17.3 Å². The third-order valence-electron chi connectivity index (χ3n) is 3.49. The number of rotatable bonds is 5. The van der Waals surface area contributed by atoms with Crippen molar-refractivity contribution in [1.82, 2.24) is 10.2 Å². The van der Waals surface area contributed by atoms with E-state index in [2.05, 4.69) is 14.9 Å². The Bertz CT molecular complexity index is 953. The number of carbonyl (C=O) groups is 1. The zero-order valence-corrected chi connectivity index (χ0v) is 14.2. The van der Waals surface area contributed by atoms with Gasteiger partial charge in [0.1, 0.15) is 11.6 Å². The number of hydrogen-bond acceptors (Lipinski definition) is 6. The molecule has 1 heterocycles. The average molecular weight is 396 g/mol. The van der Waals surface area contributed by atoms with Gasteiger partial charge in [-0.3, -0.25) is 0 Å². The van der Waals surface area contributed by atoms with Crippen LogP contribution in [0, 0.1) is 5.82 Å². The van der Waals surface area contributed by atoms with Crippen molar-refractivity contribution in [2.24, 2.45) is 0 Å². The first-order valence-corrected chi connectivity index (χ1v) is 7.87. The maximum atomic E-state index is 13.0. The maximum absolute atomic E-state index is 13.0. The highest BCUT2D eigenvalue weighted by molar-refractivity contribution is 5.89. The Hall–Kier alpha value is -3.43. The van der Waals surface area contributed by atoms with Crippen LogP contribution in [0.1, 0.15) is 29.3 Å². The first-order chi connectivity index (χ1) is 13.2. The standard InChI is InChI=1S/C18H12F4N2O4/c1-10(15-23-24-16(27-15)11-2-6-13(19)7-3-11)26-17(25)12-4-8-14(9-5-12)28-18(20,21)22/h2-10H,1H3/t10-/m1/s1. The maximum Gasteiger partial charge on any atom is 0.573 e. The van der Waals surface area contributed by atoms with Crippen LogP contribution in [0.4, 0.5) is 17.6 Å². The van der Waals surface area contributed by atoms with Crippen LogP contribution in [0.25, 0.3) is 11.5 Å². The lowest BCUT2D eigenvalue weighted by atomic mass is 10.2. The fourth-order valence-corrected chi connectivity index (χ4v) is 2.18. The molecule has 0 amide bonds. The van der Waals surface area contributed by atoms with E-state index < -0.39 is 30.0 Å². The third kappa shape index (κ3) is 4.84. The topological polar surface area (TPSA) is 74.5 Å². The normalized spacial score (nSPS) is 12.5. The second-order valence-electron chi connectivity index (χ2n) is 5.57. The summed E-state index contributed by atoms with van der Waals surface area (Å²) in [6.45, 7) is 1.49. The lowest BCUT2D eigenvalue weighted by Crippen LogP contribution is -2.17. The number of hydrogen-bond donors (Lipinski definition) is 0. The molecule has 0 saturated heterocycles. The Labute approximate surface area is 155 Å². The summed E-state index contributed by atoms with van der Waals surface area (Å²) < 4.78 is 63.7. The smallest absolute Gasteiger partial charge is 0.449 e. The molecule has 28 heavy (non-hydrogen) atoms. The van der Waals surface area contributed by atoms with Crippen molar-refractivity contribution < 1.29 is 36.2 Å². The Kier molecular flexibility index (Phi) is 5.30. The SMILES string of the molecule is C[C@@H](OC(=O)c1ccc(OC(F)(F)F)cc1)c1nnc(-c2ccc(F)cc2)o1. The molecule has 0 spiro atoms. The lowest BCUT2D eigenvalue weighted by molar-refractivity contribution is -0.274. The summed E-state index contributed by atoms with van der Waals surface area (Å²) in [5.74, 6) is -1.56. The van der Waals surface area contributed by atoms with Gasteiger partial charge < -0.3 is 13.9 Å². The summed E-state index contributed by atoms with van der Waals surface area (Å²) in [4.78, 5) is 12.1. The molecule has 0 N–H and O–H groups in total. The Morgan fingerprint density at radius 1 is 1.04 bits per heavy atom. The van der Waals surface area contributed by atoms with E-state index in [1.807, 2.05) is 0 Å². The molecule has 0 bridgehead atoms. The molecule has 1 atom stereocenters. The fourth-order valence-electron chi connectivity index (χ4n) is 2.18. The van der Waals surface area contributed by atoms with Crippen LogP contribution in [0.15, 0.2) is 52.9 Å². The summed E-state index contributed by atoms with van der Waals surface area (Å²) in [5, 5.41) is 7.59. The summed E-state index contributed by atoms with van der Waals surface area (Å²) in [6.07, 6.45) is -5.74. The summed E-state index contributed by atoms with van der Waals surface area (Å²) in [6, 6.07) is 9.62. The van der Waals surface area contributed by atoms with Gasteiger partial charge in [-0.05, 0) is 55.5 Å². The number of nitrogens with zero attached hydrogens (tertiary/aromatic N) is 2. The minimum Gasteiger partial charge on any atom is -0.449 e. The van der Waals surface area contributed by atoms with Gasteiger partial charge in [0.25, 0.3) is 5.89 Å². The monoisotopic (exact) mass is 396 g/mol. The number of esters is 1. The highest BCUT2D eigenvalue weighted by Gasteiger charge is 2.31.